The Bertz CT molecular complexity index is 1610. The highest BCUT2D eigenvalue weighted by Gasteiger charge is 2.38. The lowest BCUT2D eigenvalue weighted by molar-refractivity contribution is -0.148. The van der Waals surface area contributed by atoms with Crippen molar-refractivity contribution in [2.45, 2.75) is 73.2 Å². The molecule has 2 aromatic rings. The Morgan fingerprint density at radius 2 is 0.977 bits per heavy atom. The molecule has 3 aliphatic carbocycles. The number of ketones is 2. The normalized spacial score (nSPS) is 23.8. The quantitative estimate of drug-likeness (QED) is 0.345. The number of ether oxygens (including phenoxy) is 2. The first-order valence-corrected chi connectivity index (χ1v) is 17.4. The average molecular weight is 647 g/mol. The van der Waals surface area contributed by atoms with Crippen molar-refractivity contribution in [2.24, 2.45) is 11.8 Å². The van der Waals surface area contributed by atoms with Gasteiger partial charge in [0.25, 0.3) is 0 Å². The molecule has 0 heterocycles. The molecule has 0 aromatic heterocycles. The third kappa shape index (κ3) is 6.08. The molecule has 5 rings (SSSR count). The first kappa shape index (κ1) is 31.9. The monoisotopic (exact) mass is 646 g/mol. The van der Waals surface area contributed by atoms with Gasteiger partial charge >= 0.3 is 11.9 Å². The van der Waals surface area contributed by atoms with Crippen LogP contribution in [-0.4, -0.2) is 66.6 Å². The Morgan fingerprint density at radius 3 is 1.36 bits per heavy atom. The molecule has 0 radical (unpaired) electrons. The molecule has 2 N–H and O–H groups in total. The number of benzene rings is 2. The maximum absolute atomic E-state index is 13.6. The summed E-state index contributed by atoms with van der Waals surface area (Å²) in [5.41, 5.74) is -0.384. The second kappa shape index (κ2) is 12.5. The summed E-state index contributed by atoms with van der Waals surface area (Å²) in [5.74, 6) is -3.59. The molecule has 44 heavy (non-hydrogen) atoms. The Labute approximate surface area is 256 Å². The summed E-state index contributed by atoms with van der Waals surface area (Å²) < 4.78 is 68.3. The summed E-state index contributed by atoms with van der Waals surface area (Å²) in [4.78, 5) is 50.9. The third-order valence-corrected chi connectivity index (χ3v) is 11.7. The van der Waals surface area contributed by atoms with Crippen molar-refractivity contribution < 1.29 is 45.5 Å². The number of hydrogen-bond donors (Lipinski definition) is 2. The van der Waals surface area contributed by atoms with Crippen LogP contribution < -0.4 is 9.44 Å². The molecule has 4 atom stereocenters. The van der Waals surface area contributed by atoms with Crippen molar-refractivity contribution in [3.63, 3.8) is 0 Å². The molecule has 12 nitrogen and oxygen atoms in total. The molecule has 0 aliphatic heterocycles. The van der Waals surface area contributed by atoms with Crippen LogP contribution >= 0.6 is 0 Å². The van der Waals surface area contributed by atoms with Crippen LogP contribution in [0.5, 0.6) is 0 Å². The van der Waals surface area contributed by atoms with Crippen LogP contribution in [0, 0.1) is 11.8 Å². The van der Waals surface area contributed by atoms with Crippen LogP contribution in [0.4, 0.5) is 0 Å². The number of carbonyl (C=O) groups is 4. The topological polar surface area (TPSA) is 179 Å². The van der Waals surface area contributed by atoms with Crippen LogP contribution in [0.2, 0.25) is 0 Å². The van der Waals surface area contributed by atoms with E-state index in [1.165, 1.54) is 38.5 Å². The molecule has 0 bridgehead atoms. The van der Waals surface area contributed by atoms with Crippen LogP contribution in [0.25, 0.3) is 0 Å². The highest BCUT2D eigenvalue weighted by molar-refractivity contribution is 7.89. The molecule has 0 saturated heterocycles. The molecule has 2 fully saturated rings. The third-order valence-electron chi connectivity index (χ3n) is 8.73. The molecule has 3 aliphatic rings. The maximum Gasteiger partial charge on any atom is 0.310 e. The molecule has 2 saturated carbocycles. The molecular weight excluding hydrogens is 612 g/mol. The number of fused-ring (bicyclic) bond motifs is 2. The van der Waals surface area contributed by atoms with Crippen molar-refractivity contribution in [3.8, 4) is 0 Å². The Kier molecular flexibility index (Phi) is 9.08. The van der Waals surface area contributed by atoms with Gasteiger partial charge in [0.05, 0.1) is 35.8 Å². The van der Waals surface area contributed by atoms with E-state index in [0.717, 1.165) is 37.8 Å². The molecule has 2 unspecified atom stereocenters. The van der Waals surface area contributed by atoms with Gasteiger partial charge in [-0.05, 0) is 62.1 Å². The lowest BCUT2D eigenvalue weighted by atomic mass is 9.84. The van der Waals surface area contributed by atoms with Gasteiger partial charge in [-0.2, -0.15) is 0 Å². The smallest absolute Gasteiger partial charge is 0.310 e. The van der Waals surface area contributed by atoms with Crippen molar-refractivity contribution >= 4 is 43.6 Å². The van der Waals surface area contributed by atoms with Gasteiger partial charge in [0.1, 0.15) is 0 Å². The number of carbonyl (C=O) groups excluding carboxylic acids is 4. The zero-order chi connectivity index (χ0) is 31.8. The van der Waals surface area contributed by atoms with Crippen LogP contribution in [-0.2, 0) is 39.1 Å². The van der Waals surface area contributed by atoms with Gasteiger partial charge < -0.3 is 9.47 Å². The van der Waals surface area contributed by atoms with Gasteiger partial charge in [-0.1, -0.05) is 25.7 Å². The minimum absolute atomic E-state index is 0.0107. The number of hydrogen-bond acceptors (Lipinski definition) is 10. The SMILES string of the molecule is COC(=O)[C@H]1CCCCC1NS(=O)(=O)c1ccc2c(c1)C(=O)c1cc(S(=O)(=O)NC3CCCC[C@H]3C(=O)OC)ccc1C2=O. The predicted molar refractivity (Wildman–Crippen MR) is 156 cm³/mol. The Hall–Kier alpha value is -3.46. The fourth-order valence-corrected chi connectivity index (χ4v) is 9.06. The maximum atomic E-state index is 13.6. The van der Waals surface area contributed by atoms with E-state index in [0.29, 0.717) is 25.7 Å². The van der Waals surface area contributed by atoms with E-state index in [1.807, 2.05) is 0 Å². The average Bonchev–Trinajstić information content (AvgIpc) is 3.02. The minimum atomic E-state index is -4.21. The molecule has 236 valence electrons. The van der Waals surface area contributed by atoms with E-state index < -0.39 is 67.5 Å². The van der Waals surface area contributed by atoms with Gasteiger partial charge in [0.15, 0.2) is 11.6 Å². The lowest BCUT2D eigenvalue weighted by Gasteiger charge is -2.30. The molecule has 0 spiro atoms. The van der Waals surface area contributed by atoms with E-state index in [2.05, 4.69) is 9.44 Å². The van der Waals surface area contributed by atoms with E-state index >= 15 is 0 Å². The van der Waals surface area contributed by atoms with Crippen LogP contribution in [0.1, 0.15) is 83.2 Å². The second-order valence-electron chi connectivity index (χ2n) is 11.4. The number of rotatable bonds is 8. The van der Waals surface area contributed by atoms with Crippen LogP contribution in [0.3, 0.4) is 0 Å². The summed E-state index contributed by atoms with van der Waals surface area (Å²) in [5, 5.41) is 0. The minimum Gasteiger partial charge on any atom is -0.469 e. The van der Waals surface area contributed by atoms with E-state index in [-0.39, 0.29) is 32.0 Å². The van der Waals surface area contributed by atoms with Gasteiger partial charge in [0.2, 0.25) is 20.0 Å². The Morgan fingerprint density at radius 1 is 0.614 bits per heavy atom. The van der Waals surface area contributed by atoms with Gasteiger partial charge in [-0.15, -0.1) is 0 Å². The number of sulfonamides is 2. The summed E-state index contributed by atoms with van der Waals surface area (Å²) in [7, 11) is -5.94. The second-order valence-corrected chi connectivity index (χ2v) is 14.8. The van der Waals surface area contributed by atoms with E-state index in [4.69, 9.17) is 9.47 Å². The zero-order valence-electron chi connectivity index (χ0n) is 24.3. The highest BCUT2D eigenvalue weighted by Crippen LogP contribution is 2.33. The van der Waals surface area contributed by atoms with Crippen molar-refractivity contribution in [1.29, 1.82) is 0 Å². The lowest BCUT2D eigenvalue weighted by Crippen LogP contribution is -2.45. The fraction of sp³-hybridized carbons (Fsp3) is 0.467. The molecule has 0 amide bonds. The first-order valence-electron chi connectivity index (χ1n) is 14.5. The summed E-state index contributed by atoms with van der Waals surface area (Å²) >= 11 is 0. The zero-order valence-corrected chi connectivity index (χ0v) is 26.0. The van der Waals surface area contributed by atoms with Crippen molar-refractivity contribution in [1.82, 2.24) is 9.44 Å². The largest absolute Gasteiger partial charge is 0.469 e. The summed E-state index contributed by atoms with van der Waals surface area (Å²) in [6, 6.07) is 5.76. The van der Waals surface area contributed by atoms with Gasteiger partial charge in [0, 0.05) is 34.3 Å². The molecule has 2 aromatic carbocycles. The number of esters is 2. The highest BCUT2D eigenvalue weighted by atomic mass is 32.2. The fourth-order valence-electron chi connectivity index (χ4n) is 6.39. The standard InChI is InChI=1S/C30H34N2O10S2/c1-41-29(35)21-7-3-5-9-25(21)31-43(37,38)17-11-13-19-23(15-17)28(34)24-16-18(12-14-20(24)27(19)33)44(39,40)32-26-10-6-4-8-22(26)30(36)42-2/h11-16,21-22,25-26,31-32H,3-10H2,1-2H3/t21-,22+,25?,26?. The van der Waals surface area contributed by atoms with Gasteiger partial charge in [-0.25, -0.2) is 26.3 Å². The summed E-state index contributed by atoms with van der Waals surface area (Å²) in [6.07, 6.45) is 4.76. The van der Waals surface area contributed by atoms with E-state index in [1.54, 1.807) is 0 Å². The predicted octanol–water partition coefficient (Wildman–Crippen LogP) is 2.48. The van der Waals surface area contributed by atoms with Crippen molar-refractivity contribution in [3.05, 3.63) is 58.7 Å². The molecular formula is C30H34N2O10S2. The van der Waals surface area contributed by atoms with Crippen molar-refractivity contribution in [2.75, 3.05) is 14.2 Å². The number of methoxy groups -OCH3 is 2. The summed E-state index contributed by atoms with van der Waals surface area (Å²) in [6.45, 7) is 0. The molecule has 14 heteroatoms. The van der Waals surface area contributed by atoms with Crippen LogP contribution in [0.15, 0.2) is 46.2 Å². The van der Waals surface area contributed by atoms with Gasteiger partial charge in [-0.3, -0.25) is 19.2 Å². The number of nitrogens with one attached hydrogen (secondary N) is 2. The van der Waals surface area contributed by atoms with E-state index in [9.17, 15) is 36.0 Å². The Balaban J connectivity index is 1.43. The first-order chi connectivity index (χ1) is 20.9.